The first-order valence-electron chi connectivity index (χ1n) is 7.78. The molecular weight excluding hydrogens is 302 g/mol. The third kappa shape index (κ3) is 2.86. The number of diazo groups is 1. The molecule has 1 fully saturated rings. The lowest BCUT2D eigenvalue weighted by Crippen LogP contribution is -2.36. The number of carbonyl (C=O) groups is 1. The summed E-state index contributed by atoms with van der Waals surface area (Å²) in [6.07, 6.45) is 1.27. The van der Waals surface area contributed by atoms with Crippen LogP contribution in [0.2, 0.25) is 0 Å². The molecule has 1 saturated heterocycles. The van der Waals surface area contributed by atoms with Crippen LogP contribution in [0.3, 0.4) is 0 Å². The molecular formula is C19H18N3O2+. The van der Waals surface area contributed by atoms with E-state index in [1.807, 2.05) is 61.5 Å². The monoisotopic (exact) mass is 320 g/mol. The Morgan fingerprint density at radius 3 is 2.50 bits per heavy atom. The van der Waals surface area contributed by atoms with Gasteiger partial charge >= 0.3 is 6.20 Å². The summed E-state index contributed by atoms with van der Waals surface area (Å²) < 4.78 is 0. The molecule has 1 aliphatic heterocycles. The summed E-state index contributed by atoms with van der Waals surface area (Å²) in [4.78, 5) is 17.2. The summed E-state index contributed by atoms with van der Waals surface area (Å²) in [5.41, 5.74) is 2.77. The second kappa shape index (κ2) is 6.55. The summed E-state index contributed by atoms with van der Waals surface area (Å²) in [6.45, 7) is 1.97. The van der Waals surface area contributed by atoms with Gasteiger partial charge in [-0.2, -0.15) is 0 Å². The minimum atomic E-state index is -0.599. The molecule has 5 heteroatoms. The van der Waals surface area contributed by atoms with Gasteiger partial charge in [-0.25, -0.2) is 0 Å². The smallest absolute Gasteiger partial charge is 0.389 e. The number of anilines is 1. The zero-order valence-electron chi connectivity index (χ0n) is 13.3. The average molecular weight is 320 g/mol. The summed E-state index contributed by atoms with van der Waals surface area (Å²) in [5, 5.41) is 19.2. The van der Waals surface area contributed by atoms with Crippen LogP contribution in [0.5, 0.6) is 0 Å². The Bertz CT molecular complexity index is 807. The fraction of sp³-hybridized carbons (Fsp3) is 0.211. The second-order valence-electron chi connectivity index (χ2n) is 5.93. The lowest BCUT2D eigenvalue weighted by atomic mass is 9.90. The topological polar surface area (TPSA) is 68.7 Å². The number of aryl methyl sites for hydroxylation is 1. The first kappa shape index (κ1) is 15.8. The molecule has 0 unspecified atom stereocenters. The zero-order chi connectivity index (χ0) is 17.1. The quantitative estimate of drug-likeness (QED) is 0.682. The molecule has 0 aliphatic carbocycles. The Morgan fingerprint density at radius 1 is 1.21 bits per heavy atom. The molecule has 1 heterocycles. The van der Waals surface area contributed by atoms with Gasteiger partial charge in [0.25, 0.3) is 0 Å². The van der Waals surface area contributed by atoms with Gasteiger partial charge in [-0.3, -0.25) is 4.79 Å². The third-order valence-electron chi connectivity index (χ3n) is 4.36. The highest BCUT2D eigenvalue weighted by atomic mass is 16.3. The van der Waals surface area contributed by atoms with Gasteiger partial charge in [0, 0.05) is 18.0 Å². The van der Waals surface area contributed by atoms with Crippen molar-refractivity contribution in [3.05, 3.63) is 82.7 Å². The van der Waals surface area contributed by atoms with Gasteiger partial charge in [0.05, 0.1) is 0 Å². The Labute approximate surface area is 140 Å². The van der Waals surface area contributed by atoms with E-state index < -0.39 is 6.04 Å². The van der Waals surface area contributed by atoms with E-state index in [4.69, 9.17) is 5.39 Å². The SMILES string of the molecule is Cc1ccc(N2C(=O)C[C@@H](c3ccccc3)[C@@H]2/C(O)=C/[N+]#N)cc1. The standard InChI is InChI=1S/C19H17N3O2/c1-13-7-9-15(10-8-13)22-18(24)11-16(14-5-3-2-4-6-14)19(22)17(23)12-21-20/h2-10,12,16,19H,11H2,1H3/p+1/b17-12-/t16-,19+/m0/s1. The van der Waals surface area contributed by atoms with Crippen molar-refractivity contribution in [1.82, 2.24) is 0 Å². The first-order chi connectivity index (χ1) is 11.6. The number of amides is 1. The van der Waals surface area contributed by atoms with Crippen molar-refractivity contribution in [3.63, 3.8) is 0 Å². The Hall–Kier alpha value is -3.13. The third-order valence-corrected chi connectivity index (χ3v) is 4.36. The van der Waals surface area contributed by atoms with E-state index in [1.165, 1.54) is 0 Å². The van der Waals surface area contributed by atoms with Gasteiger partial charge in [0.1, 0.15) is 6.04 Å². The number of hydrogen-bond acceptors (Lipinski definition) is 3. The maximum atomic E-state index is 12.7. The van der Waals surface area contributed by atoms with Crippen LogP contribution >= 0.6 is 0 Å². The number of aliphatic hydroxyl groups is 1. The number of aliphatic hydroxyl groups excluding tert-OH is 1. The van der Waals surface area contributed by atoms with Crippen LogP contribution in [-0.4, -0.2) is 17.1 Å². The number of hydrogen-bond donors (Lipinski definition) is 1. The molecule has 0 spiro atoms. The molecule has 2 atom stereocenters. The first-order valence-corrected chi connectivity index (χ1v) is 7.78. The van der Waals surface area contributed by atoms with Crippen molar-refractivity contribution in [1.29, 1.82) is 5.39 Å². The molecule has 0 radical (unpaired) electrons. The lowest BCUT2D eigenvalue weighted by molar-refractivity contribution is -0.117. The fourth-order valence-electron chi connectivity index (χ4n) is 3.22. The van der Waals surface area contributed by atoms with Gasteiger partial charge in [-0.1, -0.05) is 48.0 Å². The summed E-state index contributed by atoms with van der Waals surface area (Å²) in [5.74, 6) is -0.425. The average Bonchev–Trinajstić information content (AvgIpc) is 2.94. The highest BCUT2D eigenvalue weighted by Crippen LogP contribution is 2.40. The van der Waals surface area contributed by atoms with Crippen LogP contribution in [0, 0.1) is 12.3 Å². The van der Waals surface area contributed by atoms with E-state index in [0.29, 0.717) is 5.69 Å². The van der Waals surface area contributed by atoms with Gasteiger partial charge in [-0.15, -0.1) is 0 Å². The fourth-order valence-corrected chi connectivity index (χ4v) is 3.22. The molecule has 120 valence electrons. The Balaban J connectivity index is 2.07. The number of benzene rings is 2. The minimum Gasteiger partial charge on any atom is -0.504 e. The van der Waals surface area contributed by atoms with E-state index in [9.17, 15) is 9.90 Å². The van der Waals surface area contributed by atoms with Gasteiger partial charge < -0.3 is 10.0 Å². The Kier molecular flexibility index (Phi) is 4.30. The highest BCUT2D eigenvalue weighted by molar-refractivity contribution is 5.98. The summed E-state index contributed by atoms with van der Waals surface area (Å²) >= 11 is 0. The van der Waals surface area contributed by atoms with E-state index >= 15 is 0 Å². The molecule has 0 saturated carbocycles. The van der Waals surface area contributed by atoms with Crippen LogP contribution in [0.15, 0.2) is 66.6 Å². The van der Waals surface area contributed by atoms with Gasteiger partial charge in [0.15, 0.2) is 4.98 Å². The molecule has 3 rings (SSSR count). The van der Waals surface area contributed by atoms with Crippen LogP contribution in [0.25, 0.3) is 4.98 Å². The minimum absolute atomic E-state index is 0.0735. The molecule has 1 N–H and O–H groups in total. The Morgan fingerprint density at radius 2 is 1.88 bits per heavy atom. The predicted octanol–water partition coefficient (Wildman–Crippen LogP) is 4.14. The van der Waals surface area contributed by atoms with Crippen LogP contribution in [0.1, 0.15) is 23.5 Å². The van der Waals surface area contributed by atoms with Crippen LogP contribution in [0.4, 0.5) is 5.69 Å². The lowest BCUT2D eigenvalue weighted by Gasteiger charge is -2.26. The highest BCUT2D eigenvalue weighted by Gasteiger charge is 2.44. The van der Waals surface area contributed by atoms with E-state index in [2.05, 4.69) is 4.98 Å². The molecule has 5 nitrogen and oxygen atoms in total. The van der Waals surface area contributed by atoms with Gasteiger partial charge in [-0.05, 0) is 24.6 Å². The maximum absolute atomic E-state index is 12.7. The van der Waals surface area contributed by atoms with Crippen molar-refractivity contribution >= 4 is 11.6 Å². The molecule has 0 bridgehead atoms. The van der Waals surface area contributed by atoms with Crippen molar-refractivity contribution < 1.29 is 9.90 Å². The van der Waals surface area contributed by atoms with Crippen molar-refractivity contribution in [2.45, 2.75) is 25.3 Å². The van der Waals surface area contributed by atoms with E-state index in [1.54, 1.807) is 4.90 Å². The molecule has 2 aromatic rings. The molecule has 1 aliphatic rings. The van der Waals surface area contributed by atoms with Gasteiger partial charge in [0.2, 0.25) is 17.1 Å². The predicted molar refractivity (Wildman–Crippen MR) is 92.0 cm³/mol. The van der Waals surface area contributed by atoms with Crippen LogP contribution in [-0.2, 0) is 4.79 Å². The maximum Gasteiger partial charge on any atom is 0.389 e. The molecule has 2 aromatic carbocycles. The zero-order valence-corrected chi connectivity index (χ0v) is 13.3. The number of carbonyl (C=O) groups excluding carboxylic acids is 1. The van der Waals surface area contributed by atoms with Crippen molar-refractivity contribution in [2.75, 3.05) is 4.90 Å². The summed E-state index contributed by atoms with van der Waals surface area (Å²) in [6, 6.07) is 16.6. The molecule has 1 amide bonds. The largest absolute Gasteiger partial charge is 0.504 e. The van der Waals surface area contributed by atoms with E-state index in [0.717, 1.165) is 17.3 Å². The number of nitrogens with zero attached hydrogens (tertiary/aromatic N) is 3. The van der Waals surface area contributed by atoms with Crippen LogP contribution < -0.4 is 4.90 Å². The van der Waals surface area contributed by atoms with E-state index in [-0.39, 0.29) is 24.0 Å². The van der Waals surface area contributed by atoms with Crippen molar-refractivity contribution in [2.24, 2.45) is 0 Å². The molecule has 0 aromatic heterocycles. The number of rotatable bonds is 3. The second-order valence-corrected chi connectivity index (χ2v) is 5.93. The summed E-state index contributed by atoms with van der Waals surface area (Å²) in [7, 11) is 0. The van der Waals surface area contributed by atoms with Crippen molar-refractivity contribution in [3.8, 4) is 0 Å². The normalized spacial score (nSPS) is 20.9. The molecule has 24 heavy (non-hydrogen) atoms.